The Balaban J connectivity index is 1.88. The van der Waals surface area contributed by atoms with Crippen molar-refractivity contribution in [2.45, 2.75) is 51.3 Å². The van der Waals surface area contributed by atoms with Crippen molar-refractivity contribution in [3.05, 3.63) is 28.2 Å². The highest BCUT2D eigenvalue weighted by Crippen LogP contribution is 2.35. The molecule has 2 atom stereocenters. The molecule has 0 aromatic heterocycles. The molecule has 0 bridgehead atoms. The van der Waals surface area contributed by atoms with Gasteiger partial charge in [-0.3, -0.25) is 0 Å². The van der Waals surface area contributed by atoms with Gasteiger partial charge in [-0.15, -0.1) is 0 Å². The van der Waals surface area contributed by atoms with E-state index in [-0.39, 0.29) is 0 Å². The summed E-state index contributed by atoms with van der Waals surface area (Å²) in [6, 6.07) is 7.23. The minimum absolute atomic E-state index is 0.429. The number of nitrogens with one attached hydrogen (secondary N) is 1. The van der Waals surface area contributed by atoms with E-state index in [1.54, 1.807) is 0 Å². The maximum Gasteiger partial charge on any atom is 0.0779 e. The summed E-state index contributed by atoms with van der Waals surface area (Å²) in [4.78, 5) is 2.60. The van der Waals surface area contributed by atoms with Crippen molar-refractivity contribution in [1.29, 1.82) is 0 Å². The molecule has 1 heterocycles. The van der Waals surface area contributed by atoms with Crippen LogP contribution in [0.1, 0.15) is 38.2 Å². The molecule has 2 unspecified atom stereocenters. The summed E-state index contributed by atoms with van der Waals surface area (Å²) in [5.74, 6) is 0. The van der Waals surface area contributed by atoms with E-state index in [0.717, 1.165) is 30.7 Å². The van der Waals surface area contributed by atoms with Crippen molar-refractivity contribution in [2.75, 3.05) is 24.6 Å². The summed E-state index contributed by atoms with van der Waals surface area (Å²) in [6.45, 7) is 5.97. The molecule has 4 heteroatoms. The van der Waals surface area contributed by atoms with Gasteiger partial charge in [0.1, 0.15) is 0 Å². The van der Waals surface area contributed by atoms with E-state index in [1.807, 2.05) is 0 Å². The van der Waals surface area contributed by atoms with Crippen molar-refractivity contribution >= 4 is 21.6 Å². The van der Waals surface area contributed by atoms with Gasteiger partial charge in [-0.25, -0.2) is 0 Å². The van der Waals surface area contributed by atoms with Gasteiger partial charge in [-0.2, -0.15) is 0 Å². The maximum absolute atomic E-state index is 6.02. The van der Waals surface area contributed by atoms with Gasteiger partial charge < -0.3 is 15.0 Å². The SMILES string of the molecule is CCNCc1ccc(Br)cc1N1CCOC2CCCCC21. The number of nitrogens with zero attached hydrogens (tertiary/aromatic N) is 1. The number of rotatable bonds is 4. The Morgan fingerprint density at radius 1 is 1.33 bits per heavy atom. The molecule has 21 heavy (non-hydrogen) atoms. The lowest BCUT2D eigenvalue weighted by Gasteiger charge is -2.45. The van der Waals surface area contributed by atoms with Crippen LogP contribution < -0.4 is 10.2 Å². The number of halogens is 1. The number of hydrogen-bond acceptors (Lipinski definition) is 3. The molecule has 2 aliphatic rings. The van der Waals surface area contributed by atoms with Crippen molar-refractivity contribution in [1.82, 2.24) is 5.32 Å². The summed E-state index contributed by atoms with van der Waals surface area (Å²) in [5, 5.41) is 3.46. The highest BCUT2D eigenvalue weighted by atomic mass is 79.9. The second-order valence-corrected chi connectivity index (χ2v) is 6.92. The fourth-order valence-electron chi connectivity index (χ4n) is 3.61. The Morgan fingerprint density at radius 3 is 3.05 bits per heavy atom. The number of fused-ring (bicyclic) bond motifs is 1. The zero-order chi connectivity index (χ0) is 14.7. The lowest BCUT2D eigenvalue weighted by atomic mass is 9.89. The van der Waals surface area contributed by atoms with Crippen LogP contribution in [0.15, 0.2) is 22.7 Å². The average molecular weight is 353 g/mol. The third-order valence-corrected chi connectivity index (χ3v) is 5.15. The van der Waals surface area contributed by atoms with Crippen LogP contribution in [0.5, 0.6) is 0 Å². The van der Waals surface area contributed by atoms with Crippen molar-refractivity contribution in [3.63, 3.8) is 0 Å². The Kier molecular flexibility index (Phi) is 5.19. The van der Waals surface area contributed by atoms with E-state index in [2.05, 4.69) is 51.3 Å². The van der Waals surface area contributed by atoms with Gasteiger partial charge in [0.2, 0.25) is 0 Å². The quantitative estimate of drug-likeness (QED) is 0.893. The van der Waals surface area contributed by atoms with Gasteiger partial charge in [0.25, 0.3) is 0 Å². The fraction of sp³-hybridized carbons (Fsp3) is 0.647. The zero-order valence-corrected chi connectivity index (χ0v) is 14.4. The van der Waals surface area contributed by atoms with E-state index >= 15 is 0 Å². The third-order valence-electron chi connectivity index (χ3n) is 4.65. The lowest BCUT2D eigenvalue weighted by molar-refractivity contribution is -0.00874. The van der Waals surface area contributed by atoms with Crippen LogP contribution in [0.4, 0.5) is 5.69 Å². The van der Waals surface area contributed by atoms with Crippen LogP contribution in [-0.4, -0.2) is 31.8 Å². The van der Waals surface area contributed by atoms with Crippen LogP contribution in [0, 0.1) is 0 Å². The van der Waals surface area contributed by atoms with E-state index in [9.17, 15) is 0 Å². The topological polar surface area (TPSA) is 24.5 Å². The van der Waals surface area contributed by atoms with Crippen molar-refractivity contribution in [3.8, 4) is 0 Å². The Morgan fingerprint density at radius 2 is 2.19 bits per heavy atom. The first kappa shape index (κ1) is 15.3. The second-order valence-electron chi connectivity index (χ2n) is 6.01. The first-order chi connectivity index (χ1) is 10.3. The summed E-state index contributed by atoms with van der Waals surface area (Å²) < 4.78 is 7.18. The Labute approximate surface area is 136 Å². The number of hydrogen-bond donors (Lipinski definition) is 1. The monoisotopic (exact) mass is 352 g/mol. The van der Waals surface area contributed by atoms with Crippen LogP contribution in [0.2, 0.25) is 0 Å². The number of anilines is 1. The van der Waals surface area contributed by atoms with Gasteiger partial charge >= 0.3 is 0 Å². The molecule has 2 fully saturated rings. The minimum Gasteiger partial charge on any atom is -0.374 e. The zero-order valence-electron chi connectivity index (χ0n) is 12.8. The minimum atomic E-state index is 0.429. The summed E-state index contributed by atoms with van der Waals surface area (Å²) >= 11 is 3.64. The lowest BCUT2D eigenvalue weighted by Crippen LogP contribution is -2.53. The van der Waals surface area contributed by atoms with Crippen LogP contribution in [0.25, 0.3) is 0 Å². The second kappa shape index (κ2) is 7.12. The van der Waals surface area contributed by atoms with E-state index in [1.165, 1.54) is 36.9 Å². The first-order valence-corrected chi connectivity index (χ1v) is 8.96. The molecule has 0 spiro atoms. The molecular formula is C17H25BrN2O. The van der Waals surface area contributed by atoms with Gasteiger partial charge in [0.05, 0.1) is 18.8 Å². The largest absolute Gasteiger partial charge is 0.374 e. The highest BCUT2D eigenvalue weighted by Gasteiger charge is 2.35. The molecule has 0 radical (unpaired) electrons. The number of ether oxygens (including phenoxy) is 1. The predicted molar refractivity (Wildman–Crippen MR) is 90.9 cm³/mol. The van der Waals surface area contributed by atoms with Crippen LogP contribution >= 0.6 is 15.9 Å². The van der Waals surface area contributed by atoms with Crippen molar-refractivity contribution < 1.29 is 4.74 Å². The number of benzene rings is 1. The van der Waals surface area contributed by atoms with E-state index in [4.69, 9.17) is 4.74 Å². The highest BCUT2D eigenvalue weighted by molar-refractivity contribution is 9.10. The molecule has 1 aromatic carbocycles. The molecule has 3 rings (SSSR count). The molecule has 1 saturated heterocycles. The summed E-state index contributed by atoms with van der Waals surface area (Å²) in [7, 11) is 0. The summed E-state index contributed by atoms with van der Waals surface area (Å²) in [6.07, 6.45) is 5.56. The third kappa shape index (κ3) is 3.43. The van der Waals surface area contributed by atoms with Gasteiger partial charge in [-0.05, 0) is 37.1 Å². The number of morpholine rings is 1. The fourth-order valence-corrected chi connectivity index (χ4v) is 3.96. The Bertz CT molecular complexity index is 478. The maximum atomic E-state index is 6.02. The first-order valence-electron chi connectivity index (χ1n) is 8.17. The molecule has 3 nitrogen and oxygen atoms in total. The normalized spacial score (nSPS) is 25.7. The molecule has 1 aliphatic heterocycles. The van der Waals surface area contributed by atoms with E-state index in [0.29, 0.717) is 12.1 Å². The summed E-state index contributed by atoms with van der Waals surface area (Å²) in [5.41, 5.74) is 2.77. The predicted octanol–water partition coefficient (Wildman–Crippen LogP) is 3.71. The van der Waals surface area contributed by atoms with Crippen LogP contribution in [0.3, 0.4) is 0 Å². The standard InChI is InChI=1S/C17H25BrN2O/c1-2-19-12-13-7-8-14(18)11-16(13)20-9-10-21-17-6-4-3-5-15(17)20/h7-8,11,15,17,19H,2-6,9-10,12H2,1H3. The average Bonchev–Trinajstić information content (AvgIpc) is 2.53. The van der Waals surface area contributed by atoms with Crippen molar-refractivity contribution in [2.24, 2.45) is 0 Å². The molecule has 1 aromatic rings. The smallest absolute Gasteiger partial charge is 0.0779 e. The van der Waals surface area contributed by atoms with Gasteiger partial charge in [0, 0.05) is 23.2 Å². The Hall–Kier alpha value is -0.580. The van der Waals surface area contributed by atoms with E-state index < -0.39 is 0 Å². The molecule has 116 valence electrons. The molecular weight excluding hydrogens is 328 g/mol. The van der Waals surface area contributed by atoms with Gasteiger partial charge in [-0.1, -0.05) is 41.8 Å². The molecule has 1 saturated carbocycles. The molecule has 1 N–H and O–H groups in total. The molecule has 0 amide bonds. The molecule has 1 aliphatic carbocycles. The van der Waals surface area contributed by atoms with Crippen LogP contribution in [-0.2, 0) is 11.3 Å². The van der Waals surface area contributed by atoms with Gasteiger partial charge in [0.15, 0.2) is 0 Å².